The van der Waals surface area contributed by atoms with Crippen molar-refractivity contribution in [3.05, 3.63) is 84.4 Å². The first kappa shape index (κ1) is 14.8. The van der Waals surface area contributed by atoms with Gasteiger partial charge in [-0.15, -0.1) is 0 Å². The number of fused-ring (bicyclic) bond motifs is 2. The first-order chi connectivity index (χ1) is 11.8. The summed E-state index contributed by atoms with van der Waals surface area (Å²) in [7, 11) is 2.12. The van der Waals surface area contributed by atoms with E-state index in [2.05, 4.69) is 82.6 Å². The standard InChI is InChI=1S/C21H19N3/c1-24(14-20-18-8-4-2-6-16(18)10-12-22-20)15-21-19-9-5-3-7-17(19)11-13-23-21/h2-13H,14-15H2,1H3. The van der Waals surface area contributed by atoms with Crippen LogP contribution in [0.4, 0.5) is 0 Å². The predicted octanol–water partition coefficient (Wildman–Crippen LogP) is 4.42. The first-order valence-corrected chi connectivity index (χ1v) is 8.15. The Hall–Kier alpha value is -2.78. The Bertz CT molecular complexity index is 902. The Kier molecular flexibility index (Phi) is 3.93. The fourth-order valence-corrected chi connectivity index (χ4v) is 3.18. The molecule has 0 bridgehead atoms. The molecule has 0 atom stereocenters. The van der Waals surface area contributed by atoms with Crippen molar-refractivity contribution in [3.8, 4) is 0 Å². The molecule has 3 heteroatoms. The lowest BCUT2D eigenvalue weighted by atomic mass is 10.1. The van der Waals surface area contributed by atoms with Crippen molar-refractivity contribution in [2.75, 3.05) is 7.05 Å². The molecule has 2 aromatic heterocycles. The second-order valence-electron chi connectivity index (χ2n) is 6.13. The van der Waals surface area contributed by atoms with E-state index < -0.39 is 0 Å². The molecule has 2 heterocycles. The Labute approximate surface area is 141 Å². The zero-order valence-corrected chi connectivity index (χ0v) is 13.7. The van der Waals surface area contributed by atoms with Crippen LogP contribution in [0.1, 0.15) is 11.4 Å². The minimum absolute atomic E-state index is 0.798. The van der Waals surface area contributed by atoms with Gasteiger partial charge in [0.05, 0.1) is 11.4 Å². The van der Waals surface area contributed by atoms with E-state index in [0.29, 0.717) is 0 Å². The summed E-state index contributed by atoms with van der Waals surface area (Å²) in [6.45, 7) is 1.60. The van der Waals surface area contributed by atoms with Crippen LogP contribution in [0.25, 0.3) is 21.5 Å². The summed E-state index contributed by atoms with van der Waals surface area (Å²) in [5.41, 5.74) is 2.21. The molecule has 0 aliphatic carbocycles. The molecule has 0 amide bonds. The van der Waals surface area contributed by atoms with Crippen molar-refractivity contribution >= 4 is 21.5 Å². The van der Waals surface area contributed by atoms with Crippen LogP contribution in [-0.2, 0) is 13.1 Å². The van der Waals surface area contributed by atoms with Gasteiger partial charge in [-0.2, -0.15) is 0 Å². The lowest BCUT2D eigenvalue weighted by Gasteiger charge is -2.18. The summed E-state index contributed by atoms with van der Waals surface area (Å²) in [5, 5.41) is 4.91. The molecule has 0 radical (unpaired) electrons. The second kappa shape index (κ2) is 6.38. The largest absolute Gasteiger partial charge is 0.295 e. The molecule has 4 aromatic rings. The maximum Gasteiger partial charge on any atom is 0.0622 e. The summed E-state index contributed by atoms with van der Waals surface area (Å²) in [4.78, 5) is 11.4. The maximum atomic E-state index is 4.59. The molecule has 0 spiro atoms. The van der Waals surface area contributed by atoms with Gasteiger partial charge < -0.3 is 0 Å². The molecule has 0 aliphatic heterocycles. The van der Waals surface area contributed by atoms with Crippen LogP contribution in [0.15, 0.2) is 73.1 Å². The third kappa shape index (κ3) is 2.86. The molecule has 2 aromatic carbocycles. The second-order valence-corrected chi connectivity index (χ2v) is 6.13. The Morgan fingerprint density at radius 1 is 0.667 bits per heavy atom. The van der Waals surface area contributed by atoms with Gasteiger partial charge in [0, 0.05) is 36.3 Å². The quantitative estimate of drug-likeness (QED) is 0.558. The van der Waals surface area contributed by atoms with E-state index in [4.69, 9.17) is 0 Å². The van der Waals surface area contributed by atoms with Crippen LogP contribution in [-0.4, -0.2) is 21.9 Å². The highest BCUT2D eigenvalue weighted by molar-refractivity contribution is 5.85. The van der Waals surface area contributed by atoms with Crippen LogP contribution in [0.5, 0.6) is 0 Å². The summed E-state index contributed by atoms with van der Waals surface area (Å²) in [5.74, 6) is 0. The predicted molar refractivity (Wildman–Crippen MR) is 98.7 cm³/mol. The normalized spacial score (nSPS) is 11.4. The van der Waals surface area contributed by atoms with Gasteiger partial charge in [-0.05, 0) is 30.0 Å². The molecule has 0 fully saturated rings. The fraction of sp³-hybridized carbons (Fsp3) is 0.143. The average molecular weight is 313 g/mol. The van der Waals surface area contributed by atoms with Gasteiger partial charge in [-0.1, -0.05) is 48.5 Å². The van der Waals surface area contributed by atoms with Crippen molar-refractivity contribution in [2.45, 2.75) is 13.1 Å². The Morgan fingerprint density at radius 3 is 1.62 bits per heavy atom. The topological polar surface area (TPSA) is 29.0 Å². The van der Waals surface area contributed by atoms with Crippen LogP contribution >= 0.6 is 0 Å². The molecule has 0 unspecified atom stereocenters. The van der Waals surface area contributed by atoms with Crippen molar-refractivity contribution in [1.82, 2.24) is 14.9 Å². The molecule has 3 nitrogen and oxygen atoms in total. The van der Waals surface area contributed by atoms with E-state index in [1.165, 1.54) is 21.5 Å². The number of pyridine rings is 2. The van der Waals surface area contributed by atoms with E-state index in [1.807, 2.05) is 12.4 Å². The highest BCUT2D eigenvalue weighted by Crippen LogP contribution is 2.20. The number of hydrogen-bond acceptors (Lipinski definition) is 3. The molecule has 24 heavy (non-hydrogen) atoms. The van der Waals surface area contributed by atoms with Crippen molar-refractivity contribution in [1.29, 1.82) is 0 Å². The monoisotopic (exact) mass is 313 g/mol. The molecular formula is C21H19N3. The average Bonchev–Trinajstić information content (AvgIpc) is 2.62. The number of benzene rings is 2. The summed E-state index contributed by atoms with van der Waals surface area (Å²) < 4.78 is 0. The molecule has 0 saturated heterocycles. The molecule has 4 rings (SSSR count). The van der Waals surface area contributed by atoms with E-state index in [-0.39, 0.29) is 0 Å². The van der Waals surface area contributed by atoms with Gasteiger partial charge >= 0.3 is 0 Å². The van der Waals surface area contributed by atoms with Crippen molar-refractivity contribution in [2.24, 2.45) is 0 Å². The molecule has 0 aliphatic rings. The minimum atomic E-state index is 0.798. The maximum absolute atomic E-state index is 4.59. The lowest BCUT2D eigenvalue weighted by Crippen LogP contribution is -2.19. The third-order valence-corrected chi connectivity index (χ3v) is 4.35. The Balaban J connectivity index is 1.61. The van der Waals surface area contributed by atoms with Gasteiger partial charge in [0.1, 0.15) is 0 Å². The van der Waals surface area contributed by atoms with E-state index >= 15 is 0 Å². The number of hydrogen-bond donors (Lipinski definition) is 0. The van der Waals surface area contributed by atoms with Crippen LogP contribution in [0.2, 0.25) is 0 Å². The van der Waals surface area contributed by atoms with Gasteiger partial charge in [-0.25, -0.2) is 0 Å². The van der Waals surface area contributed by atoms with Gasteiger partial charge in [0.15, 0.2) is 0 Å². The van der Waals surface area contributed by atoms with E-state index in [9.17, 15) is 0 Å². The number of nitrogens with zero attached hydrogens (tertiary/aromatic N) is 3. The summed E-state index contributed by atoms with van der Waals surface area (Å²) in [6, 6.07) is 20.9. The Morgan fingerprint density at radius 2 is 1.12 bits per heavy atom. The molecule has 0 saturated carbocycles. The molecule has 118 valence electrons. The summed E-state index contributed by atoms with van der Waals surface area (Å²) in [6.07, 6.45) is 3.78. The van der Waals surface area contributed by atoms with Crippen LogP contribution in [0.3, 0.4) is 0 Å². The zero-order chi connectivity index (χ0) is 16.4. The van der Waals surface area contributed by atoms with E-state index in [1.54, 1.807) is 0 Å². The van der Waals surface area contributed by atoms with Crippen molar-refractivity contribution < 1.29 is 0 Å². The van der Waals surface area contributed by atoms with Crippen molar-refractivity contribution in [3.63, 3.8) is 0 Å². The number of aromatic nitrogens is 2. The first-order valence-electron chi connectivity index (χ1n) is 8.15. The smallest absolute Gasteiger partial charge is 0.0622 e. The van der Waals surface area contributed by atoms with Gasteiger partial charge in [0.25, 0.3) is 0 Å². The summed E-state index contributed by atoms with van der Waals surface area (Å²) >= 11 is 0. The van der Waals surface area contributed by atoms with Gasteiger partial charge in [-0.3, -0.25) is 14.9 Å². The lowest BCUT2D eigenvalue weighted by molar-refractivity contribution is 0.314. The van der Waals surface area contributed by atoms with Crippen LogP contribution in [0, 0.1) is 0 Å². The molecular weight excluding hydrogens is 294 g/mol. The fourth-order valence-electron chi connectivity index (χ4n) is 3.18. The SMILES string of the molecule is CN(Cc1nccc2ccccc12)Cc1nccc2ccccc12. The highest BCUT2D eigenvalue weighted by atomic mass is 15.1. The number of rotatable bonds is 4. The van der Waals surface area contributed by atoms with Gasteiger partial charge in [0.2, 0.25) is 0 Å². The van der Waals surface area contributed by atoms with E-state index in [0.717, 1.165) is 24.5 Å². The zero-order valence-electron chi connectivity index (χ0n) is 13.7. The molecule has 0 N–H and O–H groups in total. The third-order valence-electron chi connectivity index (χ3n) is 4.35. The highest BCUT2D eigenvalue weighted by Gasteiger charge is 2.09. The van der Waals surface area contributed by atoms with Crippen LogP contribution < -0.4 is 0 Å². The minimum Gasteiger partial charge on any atom is -0.295 e.